The molecule has 5 amide bonds. The first-order chi connectivity index (χ1) is 36.7. The molecule has 2 atom stereocenters. The molecule has 2 aromatic heterocycles. The van der Waals surface area contributed by atoms with E-state index in [9.17, 15) is 24.0 Å². The van der Waals surface area contributed by atoms with Gasteiger partial charge in [0.15, 0.2) is 11.6 Å². The SMILES string of the molecule is C[C@@H](NC(=O)c1cccc(NC2(c3nnc(-c4ccncc4)[nH]3)CCNCC2)c1)c1cccc(OCCCCCCOCCOCCOCCCCCC(=O)Nc2cccc3c2CN(C2CCC(=O)NC2=O)C3=O)c1. The van der Waals surface area contributed by atoms with Gasteiger partial charge >= 0.3 is 0 Å². The molecule has 0 saturated carbocycles. The number of pyridine rings is 1. The maximum absolute atomic E-state index is 13.6. The number of amides is 5. The third-order valence-corrected chi connectivity index (χ3v) is 13.8. The number of hydrogen-bond acceptors (Lipinski definition) is 14. The fraction of sp³-hybridized carbons (Fsp3) is 0.464. The molecule has 0 aliphatic carbocycles. The lowest BCUT2D eigenvalue weighted by molar-refractivity contribution is -0.137. The summed E-state index contributed by atoms with van der Waals surface area (Å²) in [5.41, 5.74) is 4.50. The highest BCUT2D eigenvalue weighted by Gasteiger charge is 2.40. The van der Waals surface area contributed by atoms with Crippen LogP contribution in [0.4, 0.5) is 11.4 Å². The van der Waals surface area contributed by atoms with Gasteiger partial charge in [-0.1, -0.05) is 37.1 Å². The second-order valence-electron chi connectivity index (χ2n) is 19.3. The van der Waals surface area contributed by atoms with Crippen molar-refractivity contribution in [2.45, 2.75) is 108 Å². The summed E-state index contributed by atoms with van der Waals surface area (Å²) >= 11 is 0. The van der Waals surface area contributed by atoms with Crippen LogP contribution in [0.15, 0.2) is 91.3 Å². The molecule has 2 saturated heterocycles. The van der Waals surface area contributed by atoms with E-state index in [0.29, 0.717) is 87.3 Å². The third-order valence-electron chi connectivity index (χ3n) is 13.8. The van der Waals surface area contributed by atoms with Crippen LogP contribution in [0.1, 0.15) is 128 Å². The molecule has 19 heteroatoms. The summed E-state index contributed by atoms with van der Waals surface area (Å²) < 4.78 is 23.2. The van der Waals surface area contributed by atoms with Crippen molar-refractivity contribution in [1.82, 2.24) is 41.0 Å². The fourth-order valence-corrected chi connectivity index (χ4v) is 9.62. The van der Waals surface area contributed by atoms with Crippen molar-refractivity contribution in [3.8, 4) is 17.1 Å². The lowest BCUT2D eigenvalue weighted by atomic mass is 9.87. The highest BCUT2D eigenvalue weighted by molar-refractivity contribution is 6.06. The molecule has 75 heavy (non-hydrogen) atoms. The first-order valence-corrected chi connectivity index (χ1v) is 26.4. The van der Waals surface area contributed by atoms with E-state index < -0.39 is 17.5 Å². The Labute approximate surface area is 438 Å². The number of benzene rings is 3. The monoisotopic (exact) mass is 1030 g/mol. The number of hydrogen-bond donors (Lipinski definition) is 6. The van der Waals surface area contributed by atoms with E-state index in [1.807, 2.05) is 67.6 Å². The molecule has 0 bridgehead atoms. The molecule has 19 nitrogen and oxygen atoms in total. The maximum Gasteiger partial charge on any atom is 0.255 e. The second-order valence-corrected chi connectivity index (χ2v) is 19.3. The number of fused-ring (bicyclic) bond motifs is 1. The number of piperidine rings is 2. The molecule has 5 heterocycles. The maximum atomic E-state index is 13.6. The van der Waals surface area contributed by atoms with Gasteiger partial charge in [0.1, 0.15) is 11.8 Å². The summed E-state index contributed by atoms with van der Waals surface area (Å²) in [6.07, 6.45) is 12.2. The van der Waals surface area contributed by atoms with Crippen LogP contribution in [0.25, 0.3) is 11.4 Å². The average Bonchev–Trinajstić information content (AvgIpc) is 4.07. The predicted molar refractivity (Wildman–Crippen MR) is 282 cm³/mol. The fourth-order valence-electron chi connectivity index (χ4n) is 9.62. The lowest BCUT2D eigenvalue weighted by Gasteiger charge is -2.37. The Bertz CT molecular complexity index is 2690. The molecule has 8 rings (SSSR count). The van der Waals surface area contributed by atoms with Gasteiger partial charge in [0.05, 0.1) is 44.6 Å². The molecule has 2 fully saturated rings. The summed E-state index contributed by atoms with van der Waals surface area (Å²) in [6.45, 7) is 7.69. The first kappa shape index (κ1) is 54.2. The molecule has 6 N–H and O–H groups in total. The minimum absolute atomic E-state index is 0.135. The summed E-state index contributed by atoms with van der Waals surface area (Å²) in [5, 5.41) is 24.6. The van der Waals surface area contributed by atoms with Crippen molar-refractivity contribution < 1.29 is 42.9 Å². The number of anilines is 2. The van der Waals surface area contributed by atoms with Gasteiger partial charge in [0.2, 0.25) is 17.7 Å². The molecule has 5 aromatic rings. The van der Waals surface area contributed by atoms with Crippen LogP contribution in [0, 0.1) is 0 Å². The molecule has 3 aliphatic rings. The number of imide groups is 1. The van der Waals surface area contributed by atoms with Crippen LogP contribution in [0.3, 0.4) is 0 Å². The van der Waals surface area contributed by atoms with Crippen LogP contribution in [0.2, 0.25) is 0 Å². The number of aromatic amines is 1. The molecule has 3 aromatic carbocycles. The Kier molecular flexibility index (Phi) is 19.9. The van der Waals surface area contributed by atoms with E-state index in [-0.39, 0.29) is 49.1 Å². The number of unbranched alkanes of at least 4 members (excludes halogenated alkanes) is 5. The van der Waals surface area contributed by atoms with Crippen LogP contribution in [-0.4, -0.2) is 120 Å². The van der Waals surface area contributed by atoms with Crippen molar-refractivity contribution in [3.05, 3.63) is 119 Å². The Morgan fingerprint density at radius 3 is 2.25 bits per heavy atom. The van der Waals surface area contributed by atoms with E-state index in [1.165, 1.54) is 4.90 Å². The largest absolute Gasteiger partial charge is 0.494 e. The number of nitrogens with zero attached hydrogens (tertiary/aromatic N) is 4. The molecular weight excluding hydrogens is 957 g/mol. The lowest BCUT2D eigenvalue weighted by Crippen LogP contribution is -2.52. The molecule has 3 aliphatic heterocycles. The smallest absolute Gasteiger partial charge is 0.255 e. The minimum atomic E-state index is -0.706. The average molecular weight is 1030 g/mol. The zero-order valence-corrected chi connectivity index (χ0v) is 42.8. The summed E-state index contributed by atoms with van der Waals surface area (Å²) in [4.78, 5) is 72.4. The van der Waals surface area contributed by atoms with Gasteiger partial charge < -0.3 is 50.1 Å². The topological polar surface area (TPSA) is 240 Å². The van der Waals surface area contributed by atoms with Crippen molar-refractivity contribution in [3.63, 3.8) is 0 Å². The van der Waals surface area contributed by atoms with Crippen molar-refractivity contribution >= 4 is 40.9 Å². The van der Waals surface area contributed by atoms with E-state index in [0.717, 1.165) is 92.8 Å². The Morgan fingerprint density at radius 1 is 0.787 bits per heavy atom. The zero-order chi connectivity index (χ0) is 52.2. The molecule has 0 radical (unpaired) electrons. The van der Waals surface area contributed by atoms with Crippen molar-refractivity contribution in [2.24, 2.45) is 0 Å². The molecule has 398 valence electrons. The van der Waals surface area contributed by atoms with E-state index >= 15 is 0 Å². The Morgan fingerprint density at radius 2 is 1.49 bits per heavy atom. The number of aromatic nitrogens is 4. The normalized spacial score (nSPS) is 16.5. The Balaban J connectivity index is 0.622. The Hall–Kier alpha value is -7.06. The predicted octanol–water partition coefficient (Wildman–Crippen LogP) is 7.00. The zero-order valence-electron chi connectivity index (χ0n) is 42.8. The van der Waals surface area contributed by atoms with Crippen LogP contribution in [-0.2, 0) is 40.7 Å². The van der Waals surface area contributed by atoms with Gasteiger partial charge in [0.25, 0.3) is 11.8 Å². The summed E-state index contributed by atoms with van der Waals surface area (Å²) in [6, 6.07) is 23.5. The van der Waals surface area contributed by atoms with Crippen molar-refractivity contribution in [1.29, 1.82) is 0 Å². The van der Waals surface area contributed by atoms with Crippen LogP contribution >= 0.6 is 0 Å². The highest BCUT2D eigenvalue weighted by atomic mass is 16.5. The van der Waals surface area contributed by atoms with E-state index in [4.69, 9.17) is 18.9 Å². The second kappa shape index (κ2) is 27.5. The molecule has 0 spiro atoms. The van der Waals surface area contributed by atoms with Gasteiger partial charge in [0, 0.05) is 78.6 Å². The van der Waals surface area contributed by atoms with Gasteiger partial charge in [-0.15, -0.1) is 10.2 Å². The van der Waals surface area contributed by atoms with Gasteiger partial charge in [-0.2, -0.15) is 0 Å². The summed E-state index contributed by atoms with van der Waals surface area (Å²) in [5.74, 6) is 0.850. The van der Waals surface area contributed by atoms with Gasteiger partial charge in [-0.25, -0.2) is 0 Å². The quantitative estimate of drug-likeness (QED) is 0.0209. The van der Waals surface area contributed by atoms with Crippen LogP contribution in [0.5, 0.6) is 5.75 Å². The third kappa shape index (κ3) is 15.3. The van der Waals surface area contributed by atoms with Crippen LogP contribution < -0.4 is 31.3 Å². The van der Waals surface area contributed by atoms with Crippen molar-refractivity contribution in [2.75, 3.05) is 70.0 Å². The highest BCUT2D eigenvalue weighted by Crippen LogP contribution is 2.35. The minimum Gasteiger partial charge on any atom is -0.494 e. The number of carbonyl (C=O) groups is 5. The first-order valence-electron chi connectivity index (χ1n) is 26.4. The molecular formula is C56H70N10O9. The number of ether oxygens (including phenoxy) is 4. The number of rotatable bonds is 29. The van der Waals surface area contributed by atoms with Gasteiger partial charge in [-0.3, -0.25) is 34.3 Å². The summed E-state index contributed by atoms with van der Waals surface area (Å²) in [7, 11) is 0. The number of nitrogens with one attached hydrogen (secondary N) is 6. The van der Waals surface area contributed by atoms with E-state index in [2.05, 4.69) is 46.7 Å². The van der Waals surface area contributed by atoms with Gasteiger partial charge in [-0.05, 0) is 132 Å². The number of carbonyl (C=O) groups excluding carboxylic acids is 5. The number of H-pyrrole nitrogens is 1. The molecule has 1 unspecified atom stereocenters. The van der Waals surface area contributed by atoms with E-state index in [1.54, 1.807) is 30.6 Å². The standard InChI is InChI=1S/C56H70N10O9/c1-39(59-52(69)42-13-9-14-43(36-42)63-56(23-27-58-28-24-56)55-62-51(64-65-55)40-21-25-57-26-22-40)41-12-10-15-44(37-41)75-31-8-3-2-6-29-72-32-34-74-35-33-73-30-7-4-5-18-49(67)60-47-17-11-16-45-46(47)38-66(54(45)71)48-19-20-50(68)61-53(48)70/h9-17,21-22,25-26,36-37,39,48,58,63H,2-8,18-20,23-24,27-35,38H2,1H3,(H,59,69)(H,60,67)(H,61,68,70)(H,62,64,65)/t39-,48?/m1/s1.